The number of sulfonamides is 1. The van der Waals surface area contributed by atoms with Crippen LogP contribution in [0.5, 0.6) is 0 Å². The Bertz CT molecular complexity index is 961. The number of nitrogens with one attached hydrogen (secondary N) is 1. The predicted molar refractivity (Wildman–Crippen MR) is 120 cm³/mol. The fraction of sp³-hybridized carbons (Fsp3) is 0.435. The van der Waals surface area contributed by atoms with Crippen LogP contribution >= 0.6 is 0 Å². The van der Waals surface area contributed by atoms with Crippen LogP contribution in [-0.2, 0) is 10.0 Å². The van der Waals surface area contributed by atoms with Gasteiger partial charge in [-0.3, -0.25) is 9.10 Å². The van der Waals surface area contributed by atoms with Crippen molar-refractivity contribution in [3.8, 4) is 0 Å². The topological polar surface area (TPSA) is 69.7 Å². The number of nitrogens with zero attached hydrogens (tertiary/aromatic N) is 2. The van der Waals surface area contributed by atoms with E-state index in [2.05, 4.69) is 24.1 Å². The maximum Gasteiger partial charge on any atom is 0.264 e. The molecule has 0 aliphatic carbocycles. The molecule has 0 spiro atoms. The van der Waals surface area contributed by atoms with Gasteiger partial charge in [-0.15, -0.1) is 0 Å². The van der Waals surface area contributed by atoms with Gasteiger partial charge in [0.05, 0.1) is 10.6 Å². The van der Waals surface area contributed by atoms with E-state index in [1.165, 1.54) is 16.4 Å². The minimum atomic E-state index is -3.76. The molecule has 2 aromatic rings. The van der Waals surface area contributed by atoms with Gasteiger partial charge in [0, 0.05) is 31.2 Å². The summed E-state index contributed by atoms with van der Waals surface area (Å²) in [6.07, 6.45) is 1.06. The molecule has 0 aromatic heterocycles. The van der Waals surface area contributed by atoms with Gasteiger partial charge in [-0.1, -0.05) is 24.3 Å². The number of para-hydroxylation sites is 1. The number of amides is 1. The summed E-state index contributed by atoms with van der Waals surface area (Å²) in [7, 11) is -3.76. The summed E-state index contributed by atoms with van der Waals surface area (Å²) >= 11 is 0. The lowest BCUT2D eigenvalue weighted by molar-refractivity contribution is 0.0947. The third-order valence-electron chi connectivity index (χ3n) is 5.61. The Kier molecular flexibility index (Phi) is 7.15. The van der Waals surface area contributed by atoms with Gasteiger partial charge in [-0.2, -0.15) is 0 Å². The zero-order valence-electron chi connectivity index (χ0n) is 17.9. The first-order valence-corrected chi connectivity index (χ1v) is 12.0. The molecule has 1 N–H and O–H groups in total. The minimum absolute atomic E-state index is 0.118. The van der Waals surface area contributed by atoms with Crippen LogP contribution in [0.25, 0.3) is 0 Å². The van der Waals surface area contributed by atoms with Gasteiger partial charge in [-0.05, 0) is 70.0 Å². The largest absolute Gasteiger partial charge is 0.352 e. The van der Waals surface area contributed by atoms with E-state index >= 15 is 0 Å². The Hall–Kier alpha value is -2.38. The van der Waals surface area contributed by atoms with Crippen LogP contribution in [0.2, 0.25) is 0 Å². The molecule has 1 aliphatic heterocycles. The molecule has 1 atom stereocenters. The molecule has 3 rings (SSSR count). The van der Waals surface area contributed by atoms with Crippen molar-refractivity contribution in [2.24, 2.45) is 5.92 Å². The molecule has 0 radical (unpaired) electrons. The molecule has 1 saturated heterocycles. The smallest absolute Gasteiger partial charge is 0.264 e. The van der Waals surface area contributed by atoms with Crippen molar-refractivity contribution in [2.75, 3.05) is 30.5 Å². The second kappa shape index (κ2) is 9.62. The van der Waals surface area contributed by atoms with E-state index in [4.69, 9.17) is 0 Å². The van der Waals surface area contributed by atoms with E-state index in [1.54, 1.807) is 43.3 Å². The third kappa shape index (κ3) is 5.02. The lowest BCUT2D eigenvalue weighted by Gasteiger charge is -2.23. The van der Waals surface area contributed by atoms with E-state index < -0.39 is 10.0 Å². The molecule has 6 nitrogen and oxygen atoms in total. The molecule has 1 amide bonds. The summed E-state index contributed by atoms with van der Waals surface area (Å²) in [4.78, 5) is 15.2. The molecule has 7 heteroatoms. The molecule has 1 heterocycles. The van der Waals surface area contributed by atoms with Crippen LogP contribution in [0.4, 0.5) is 5.69 Å². The summed E-state index contributed by atoms with van der Waals surface area (Å²) in [5.41, 5.74) is 0.963. The average molecular weight is 430 g/mol. The molecule has 1 unspecified atom stereocenters. The van der Waals surface area contributed by atoms with E-state index in [0.29, 0.717) is 36.3 Å². The van der Waals surface area contributed by atoms with Crippen LogP contribution < -0.4 is 9.62 Å². The molecule has 30 heavy (non-hydrogen) atoms. The van der Waals surface area contributed by atoms with E-state index in [-0.39, 0.29) is 10.8 Å². The first-order chi connectivity index (χ1) is 14.3. The maximum absolute atomic E-state index is 13.2. The van der Waals surface area contributed by atoms with Gasteiger partial charge in [0.25, 0.3) is 15.9 Å². The number of rotatable bonds is 8. The monoisotopic (exact) mass is 429 g/mol. The second-order valence-corrected chi connectivity index (χ2v) is 9.85. The highest BCUT2D eigenvalue weighted by atomic mass is 32.2. The lowest BCUT2D eigenvalue weighted by atomic mass is 10.1. The summed E-state index contributed by atoms with van der Waals surface area (Å²) in [6.45, 7) is 9.10. The van der Waals surface area contributed by atoms with Crippen molar-refractivity contribution in [1.29, 1.82) is 0 Å². The highest BCUT2D eigenvalue weighted by molar-refractivity contribution is 7.92. The second-order valence-electron chi connectivity index (χ2n) is 7.99. The molecular formula is C23H31N3O3S. The van der Waals surface area contributed by atoms with Crippen molar-refractivity contribution in [2.45, 2.75) is 38.1 Å². The Morgan fingerprint density at radius 3 is 2.53 bits per heavy atom. The van der Waals surface area contributed by atoms with Crippen molar-refractivity contribution < 1.29 is 13.2 Å². The molecule has 1 fully saturated rings. The quantitative estimate of drug-likeness (QED) is 0.699. The van der Waals surface area contributed by atoms with Gasteiger partial charge in [0.2, 0.25) is 0 Å². The Labute approximate surface area is 179 Å². The zero-order valence-corrected chi connectivity index (χ0v) is 18.7. The maximum atomic E-state index is 13.2. The number of hydrogen-bond acceptors (Lipinski definition) is 4. The van der Waals surface area contributed by atoms with Crippen LogP contribution in [0.15, 0.2) is 59.5 Å². The Balaban J connectivity index is 1.71. The fourth-order valence-corrected chi connectivity index (χ4v) is 5.37. The number of anilines is 1. The number of carbonyl (C=O) groups excluding carboxylic acids is 1. The van der Waals surface area contributed by atoms with Crippen LogP contribution in [0, 0.1) is 5.92 Å². The molecule has 162 valence electrons. The summed E-state index contributed by atoms with van der Waals surface area (Å²) in [6, 6.07) is 15.8. The van der Waals surface area contributed by atoms with Crippen molar-refractivity contribution >= 4 is 21.6 Å². The van der Waals surface area contributed by atoms with Crippen molar-refractivity contribution in [3.05, 3.63) is 60.2 Å². The zero-order chi connectivity index (χ0) is 21.7. The van der Waals surface area contributed by atoms with E-state index in [0.717, 1.165) is 19.5 Å². The van der Waals surface area contributed by atoms with Gasteiger partial charge < -0.3 is 10.2 Å². The van der Waals surface area contributed by atoms with Crippen LogP contribution in [0.3, 0.4) is 0 Å². The fourth-order valence-electron chi connectivity index (χ4n) is 3.85. The van der Waals surface area contributed by atoms with Gasteiger partial charge >= 0.3 is 0 Å². The van der Waals surface area contributed by atoms with E-state index in [1.807, 2.05) is 6.07 Å². The Morgan fingerprint density at radius 1 is 1.17 bits per heavy atom. The van der Waals surface area contributed by atoms with E-state index in [9.17, 15) is 13.2 Å². The summed E-state index contributed by atoms with van der Waals surface area (Å²) in [5, 5.41) is 2.98. The number of likely N-dealkylation sites (tertiary alicyclic amines) is 1. The molecular weight excluding hydrogens is 398 g/mol. The molecule has 2 aromatic carbocycles. The van der Waals surface area contributed by atoms with Crippen LogP contribution in [0.1, 0.15) is 37.6 Å². The SMILES string of the molecule is CCN(c1ccccc1)S(=O)(=O)c1cccc(C(=O)NCC2CCN(C(C)C)C2)c1. The molecule has 0 bridgehead atoms. The predicted octanol–water partition coefficient (Wildman–Crippen LogP) is 3.36. The van der Waals surface area contributed by atoms with Gasteiger partial charge in [0.1, 0.15) is 0 Å². The van der Waals surface area contributed by atoms with Crippen molar-refractivity contribution in [1.82, 2.24) is 10.2 Å². The average Bonchev–Trinajstić information content (AvgIpc) is 3.23. The number of benzene rings is 2. The standard InChI is InChI=1S/C23H31N3O3S/c1-4-26(21-10-6-5-7-11-21)30(28,29)22-12-8-9-20(15-22)23(27)24-16-19-13-14-25(17-19)18(2)3/h5-12,15,18-19H,4,13-14,16-17H2,1-3H3,(H,24,27). The highest BCUT2D eigenvalue weighted by Gasteiger charge is 2.26. The van der Waals surface area contributed by atoms with Gasteiger partial charge in [-0.25, -0.2) is 8.42 Å². The van der Waals surface area contributed by atoms with Gasteiger partial charge in [0.15, 0.2) is 0 Å². The third-order valence-corrected chi connectivity index (χ3v) is 7.51. The minimum Gasteiger partial charge on any atom is -0.352 e. The summed E-state index contributed by atoms with van der Waals surface area (Å²) in [5.74, 6) is 0.190. The van der Waals surface area contributed by atoms with Crippen LogP contribution in [-0.4, -0.2) is 51.4 Å². The number of hydrogen-bond donors (Lipinski definition) is 1. The first kappa shape index (κ1) is 22.3. The normalized spacial score (nSPS) is 17.3. The lowest BCUT2D eigenvalue weighted by Crippen LogP contribution is -2.33. The van der Waals surface area contributed by atoms with Crippen molar-refractivity contribution in [3.63, 3.8) is 0 Å². The molecule has 0 saturated carbocycles. The molecule has 1 aliphatic rings. The highest BCUT2D eigenvalue weighted by Crippen LogP contribution is 2.24. The summed E-state index contributed by atoms with van der Waals surface area (Å²) < 4.78 is 27.7. The first-order valence-electron chi connectivity index (χ1n) is 10.5. The Morgan fingerprint density at radius 2 is 1.90 bits per heavy atom. The number of carbonyl (C=O) groups is 1.